The van der Waals surface area contributed by atoms with E-state index in [2.05, 4.69) is 9.99 Å². The zero-order valence-electron chi connectivity index (χ0n) is 8.84. The Hall–Kier alpha value is -2.10. The van der Waals surface area contributed by atoms with Crippen molar-refractivity contribution in [2.24, 2.45) is 16.8 Å². The van der Waals surface area contributed by atoms with Gasteiger partial charge in [-0.15, -0.1) is 0 Å². The van der Waals surface area contributed by atoms with Crippen molar-refractivity contribution in [1.29, 1.82) is 5.26 Å². The van der Waals surface area contributed by atoms with Crippen molar-refractivity contribution < 1.29 is 14.4 Å². The molecule has 7 nitrogen and oxygen atoms in total. The van der Waals surface area contributed by atoms with Gasteiger partial charge in [0.2, 0.25) is 5.71 Å². The van der Waals surface area contributed by atoms with Crippen LogP contribution in [-0.2, 0) is 14.4 Å². The quantitative estimate of drug-likeness (QED) is 0.216. The minimum Gasteiger partial charge on any atom is -0.398 e. The molecule has 0 heterocycles. The Morgan fingerprint density at radius 2 is 2.25 bits per heavy atom. The standard InChI is InChI=1S/C9H12N4O3/c1-16-12-7(8(11)14)9(15)13(5-10)4-6-2-3-6/h6H,2-4H2,1H3,(H2,11,14). The van der Waals surface area contributed by atoms with Crippen molar-refractivity contribution >= 4 is 17.5 Å². The van der Waals surface area contributed by atoms with E-state index in [1.165, 1.54) is 7.11 Å². The fourth-order valence-corrected chi connectivity index (χ4v) is 1.14. The van der Waals surface area contributed by atoms with Gasteiger partial charge in [-0.2, -0.15) is 5.26 Å². The lowest BCUT2D eigenvalue weighted by atomic mass is 10.3. The highest BCUT2D eigenvalue weighted by molar-refractivity contribution is 6.64. The molecule has 0 aromatic carbocycles. The van der Waals surface area contributed by atoms with Gasteiger partial charge in [0.25, 0.3) is 11.8 Å². The van der Waals surface area contributed by atoms with E-state index in [9.17, 15) is 9.59 Å². The second kappa shape index (κ2) is 5.11. The number of oxime groups is 1. The SMILES string of the molecule is CON=C(C(N)=O)C(=O)N(C#N)CC1CC1. The van der Waals surface area contributed by atoms with E-state index in [4.69, 9.17) is 11.0 Å². The third-order valence-electron chi connectivity index (χ3n) is 2.12. The number of nitrogens with two attached hydrogens (primary N) is 1. The maximum atomic E-state index is 11.7. The molecule has 2 N–H and O–H groups in total. The van der Waals surface area contributed by atoms with Gasteiger partial charge in [0.1, 0.15) is 7.11 Å². The number of carbonyl (C=O) groups excluding carboxylic acids is 2. The van der Waals surface area contributed by atoms with Crippen LogP contribution in [0.25, 0.3) is 0 Å². The summed E-state index contributed by atoms with van der Waals surface area (Å²) >= 11 is 0. The Bertz CT molecular complexity index is 367. The van der Waals surface area contributed by atoms with E-state index in [0.29, 0.717) is 12.5 Å². The van der Waals surface area contributed by atoms with Crippen LogP contribution in [0.5, 0.6) is 0 Å². The molecule has 1 aliphatic carbocycles. The molecule has 0 atom stereocenters. The highest BCUT2D eigenvalue weighted by Gasteiger charge is 2.31. The number of amides is 2. The molecule has 0 aromatic heterocycles. The molecule has 2 amide bonds. The normalized spacial score (nSPS) is 15.1. The summed E-state index contributed by atoms with van der Waals surface area (Å²) in [6.45, 7) is 0.297. The highest BCUT2D eigenvalue weighted by Crippen LogP contribution is 2.29. The Kier molecular flexibility index (Phi) is 3.83. The lowest BCUT2D eigenvalue weighted by molar-refractivity contribution is -0.123. The van der Waals surface area contributed by atoms with Crippen LogP contribution in [0.15, 0.2) is 5.16 Å². The Morgan fingerprint density at radius 3 is 2.62 bits per heavy atom. The molecule has 0 aliphatic heterocycles. The fraction of sp³-hybridized carbons (Fsp3) is 0.556. The molecule has 0 saturated heterocycles. The van der Waals surface area contributed by atoms with Crippen molar-refractivity contribution in [3.63, 3.8) is 0 Å². The second-order valence-electron chi connectivity index (χ2n) is 3.45. The zero-order valence-corrected chi connectivity index (χ0v) is 8.84. The van der Waals surface area contributed by atoms with Gasteiger partial charge in [-0.05, 0) is 18.8 Å². The molecule has 16 heavy (non-hydrogen) atoms. The summed E-state index contributed by atoms with van der Waals surface area (Å²) in [5.41, 5.74) is 4.39. The molecular formula is C9H12N4O3. The Labute approximate surface area is 92.4 Å². The van der Waals surface area contributed by atoms with Crippen LogP contribution in [0, 0.1) is 17.4 Å². The monoisotopic (exact) mass is 224 g/mol. The first-order chi connectivity index (χ1) is 7.60. The number of nitrogens with zero attached hydrogens (tertiary/aromatic N) is 3. The summed E-state index contributed by atoms with van der Waals surface area (Å²) < 4.78 is 0. The van der Waals surface area contributed by atoms with Crippen LogP contribution in [0.3, 0.4) is 0 Å². The van der Waals surface area contributed by atoms with E-state index in [-0.39, 0.29) is 0 Å². The Balaban J connectivity index is 2.75. The summed E-state index contributed by atoms with van der Waals surface area (Å²) in [5, 5.41) is 12.0. The molecule has 86 valence electrons. The van der Waals surface area contributed by atoms with Gasteiger partial charge in [0.05, 0.1) is 0 Å². The smallest absolute Gasteiger partial charge is 0.294 e. The van der Waals surface area contributed by atoms with Crippen LogP contribution in [0.1, 0.15) is 12.8 Å². The largest absolute Gasteiger partial charge is 0.398 e. The molecule has 1 rings (SSSR count). The minimum absolute atomic E-state index is 0.297. The second-order valence-corrected chi connectivity index (χ2v) is 3.45. The van der Waals surface area contributed by atoms with E-state index < -0.39 is 17.5 Å². The van der Waals surface area contributed by atoms with Gasteiger partial charge in [0, 0.05) is 6.54 Å². The average molecular weight is 224 g/mol. The number of hydrogen-bond donors (Lipinski definition) is 1. The maximum absolute atomic E-state index is 11.7. The van der Waals surface area contributed by atoms with Crippen molar-refractivity contribution in [2.45, 2.75) is 12.8 Å². The fourth-order valence-electron chi connectivity index (χ4n) is 1.14. The predicted octanol–water partition coefficient (Wildman–Crippen LogP) is -0.806. The number of hydrogen-bond acceptors (Lipinski definition) is 5. The molecule has 0 radical (unpaired) electrons. The first-order valence-electron chi connectivity index (χ1n) is 4.72. The minimum atomic E-state index is -1.01. The number of nitriles is 1. The molecule has 0 spiro atoms. The summed E-state index contributed by atoms with van der Waals surface area (Å²) in [5.74, 6) is -1.49. The lowest BCUT2D eigenvalue weighted by Crippen LogP contribution is -2.41. The van der Waals surface area contributed by atoms with Crippen molar-refractivity contribution in [3.8, 4) is 6.19 Å². The van der Waals surface area contributed by atoms with Crippen LogP contribution >= 0.6 is 0 Å². The van der Waals surface area contributed by atoms with Gasteiger partial charge in [-0.25, -0.2) is 4.90 Å². The molecule has 0 unspecified atom stereocenters. The Morgan fingerprint density at radius 1 is 1.62 bits per heavy atom. The molecule has 0 bridgehead atoms. The number of carbonyl (C=O) groups is 2. The average Bonchev–Trinajstić information content (AvgIpc) is 3.05. The van der Waals surface area contributed by atoms with Gasteiger partial charge in [0.15, 0.2) is 6.19 Å². The topological polar surface area (TPSA) is 109 Å². The van der Waals surface area contributed by atoms with E-state index in [1.807, 2.05) is 0 Å². The van der Waals surface area contributed by atoms with E-state index in [0.717, 1.165) is 17.7 Å². The predicted molar refractivity (Wildman–Crippen MR) is 53.7 cm³/mol. The zero-order chi connectivity index (χ0) is 12.1. The van der Waals surface area contributed by atoms with Crippen LogP contribution < -0.4 is 5.73 Å². The first-order valence-corrected chi connectivity index (χ1v) is 4.72. The van der Waals surface area contributed by atoms with Gasteiger partial charge in [-0.1, -0.05) is 5.16 Å². The number of rotatable bonds is 5. The van der Waals surface area contributed by atoms with Crippen molar-refractivity contribution in [3.05, 3.63) is 0 Å². The molecule has 1 aliphatic rings. The van der Waals surface area contributed by atoms with Crippen molar-refractivity contribution in [1.82, 2.24) is 4.90 Å². The van der Waals surface area contributed by atoms with Crippen LogP contribution in [0.4, 0.5) is 0 Å². The van der Waals surface area contributed by atoms with Crippen LogP contribution in [-0.4, -0.2) is 36.1 Å². The molecule has 1 fully saturated rings. The molecular weight excluding hydrogens is 212 g/mol. The maximum Gasteiger partial charge on any atom is 0.294 e. The summed E-state index contributed by atoms with van der Waals surface area (Å²) in [6.07, 6.45) is 3.68. The third-order valence-corrected chi connectivity index (χ3v) is 2.12. The first kappa shape index (κ1) is 12.0. The lowest BCUT2D eigenvalue weighted by Gasteiger charge is -2.12. The van der Waals surface area contributed by atoms with Crippen molar-refractivity contribution in [2.75, 3.05) is 13.7 Å². The third kappa shape index (κ3) is 2.95. The van der Waals surface area contributed by atoms with Gasteiger partial charge in [-0.3, -0.25) is 9.59 Å². The highest BCUT2D eigenvalue weighted by atomic mass is 16.6. The summed E-state index contributed by atoms with van der Waals surface area (Å²) in [6, 6.07) is 0. The number of primary amides is 1. The summed E-state index contributed by atoms with van der Waals surface area (Å²) in [7, 11) is 1.19. The summed E-state index contributed by atoms with van der Waals surface area (Å²) in [4.78, 5) is 27.8. The van der Waals surface area contributed by atoms with E-state index in [1.54, 1.807) is 6.19 Å². The molecule has 1 saturated carbocycles. The van der Waals surface area contributed by atoms with Gasteiger partial charge < -0.3 is 10.6 Å². The van der Waals surface area contributed by atoms with Crippen LogP contribution in [0.2, 0.25) is 0 Å². The molecule has 7 heteroatoms. The van der Waals surface area contributed by atoms with Gasteiger partial charge >= 0.3 is 0 Å². The molecule has 0 aromatic rings. The van der Waals surface area contributed by atoms with E-state index >= 15 is 0 Å².